The van der Waals surface area contributed by atoms with Crippen LogP contribution < -0.4 is 4.72 Å². The van der Waals surface area contributed by atoms with Crippen LogP contribution in [0.3, 0.4) is 0 Å². The topological polar surface area (TPSA) is 85.2 Å². The monoisotopic (exact) mass is 342 g/mol. The number of hydrogen-bond acceptors (Lipinski definition) is 4. The van der Waals surface area contributed by atoms with E-state index in [0.717, 1.165) is 10.2 Å². The first-order valence-electron chi connectivity index (χ1n) is 6.78. The van der Waals surface area contributed by atoms with Gasteiger partial charge in [0.25, 0.3) is 10.0 Å². The molecule has 0 amide bonds. The number of nitrogens with zero attached hydrogens (tertiary/aromatic N) is 1. The fourth-order valence-electron chi connectivity index (χ4n) is 1.80. The predicted molar refractivity (Wildman–Crippen MR) is 83.5 cm³/mol. The number of sulfonamides is 1. The van der Waals surface area contributed by atoms with Crippen molar-refractivity contribution in [3.8, 4) is 0 Å². The van der Waals surface area contributed by atoms with E-state index in [-0.39, 0.29) is 15.8 Å². The van der Waals surface area contributed by atoms with Gasteiger partial charge in [0.2, 0.25) is 10.0 Å². The van der Waals surface area contributed by atoms with Crippen LogP contribution in [0.5, 0.6) is 0 Å². The summed E-state index contributed by atoms with van der Waals surface area (Å²) in [6, 6.07) is 8.89. The van der Waals surface area contributed by atoms with Crippen molar-refractivity contribution >= 4 is 20.0 Å². The van der Waals surface area contributed by atoms with Crippen LogP contribution >= 0.6 is 0 Å². The van der Waals surface area contributed by atoms with Crippen molar-refractivity contribution in [3.63, 3.8) is 0 Å². The zero-order chi connectivity index (χ0) is 16.4. The average Bonchev–Trinajstić information content (AvgIpc) is 2.99. The van der Waals surface area contributed by atoms with Gasteiger partial charge in [-0.1, -0.05) is 25.1 Å². The molecule has 0 bridgehead atoms. The van der Waals surface area contributed by atoms with Crippen LogP contribution in [0.4, 0.5) is 0 Å². The standard InChI is InChI=1S/C14H18N2O4S2/c1-3-12(2)15-21(17,18)14-9-10-16(11-14)22(19,20)13-7-5-4-6-8-13/h4-12,15H,3H2,1-2H3/t12-/m1/s1. The molecule has 6 nitrogen and oxygen atoms in total. The van der Waals surface area contributed by atoms with Crippen molar-refractivity contribution in [1.82, 2.24) is 8.69 Å². The summed E-state index contributed by atoms with van der Waals surface area (Å²) in [5, 5.41) is 0. The molecule has 8 heteroatoms. The maximum absolute atomic E-state index is 12.4. The Balaban J connectivity index is 2.37. The van der Waals surface area contributed by atoms with Gasteiger partial charge in [-0.25, -0.2) is 25.5 Å². The number of hydrogen-bond donors (Lipinski definition) is 1. The van der Waals surface area contributed by atoms with E-state index in [0.29, 0.717) is 6.42 Å². The van der Waals surface area contributed by atoms with Crippen LogP contribution in [0.15, 0.2) is 58.6 Å². The first-order chi connectivity index (χ1) is 10.3. The summed E-state index contributed by atoms with van der Waals surface area (Å²) < 4.78 is 52.5. The average molecular weight is 342 g/mol. The third-order valence-corrected chi connectivity index (χ3v) is 6.46. The highest BCUT2D eigenvalue weighted by Gasteiger charge is 2.22. The molecule has 2 rings (SSSR count). The van der Waals surface area contributed by atoms with E-state index < -0.39 is 20.0 Å². The lowest BCUT2D eigenvalue weighted by Gasteiger charge is -2.10. The summed E-state index contributed by atoms with van der Waals surface area (Å²) in [7, 11) is -7.52. The Labute approximate surface area is 130 Å². The van der Waals surface area contributed by atoms with Crippen LogP contribution in [0, 0.1) is 0 Å². The third-order valence-electron chi connectivity index (χ3n) is 3.24. The Hall–Kier alpha value is -1.64. The minimum absolute atomic E-state index is 0.0766. The van der Waals surface area contributed by atoms with Crippen molar-refractivity contribution in [2.45, 2.75) is 36.1 Å². The fourth-order valence-corrected chi connectivity index (χ4v) is 4.41. The van der Waals surface area contributed by atoms with Gasteiger partial charge in [0.1, 0.15) is 4.90 Å². The van der Waals surface area contributed by atoms with Crippen molar-refractivity contribution in [1.29, 1.82) is 0 Å². The smallest absolute Gasteiger partial charge is 0.248 e. The van der Waals surface area contributed by atoms with Crippen molar-refractivity contribution in [2.24, 2.45) is 0 Å². The fraction of sp³-hybridized carbons (Fsp3) is 0.286. The maximum atomic E-state index is 12.4. The van der Waals surface area contributed by atoms with E-state index in [2.05, 4.69) is 4.72 Å². The third kappa shape index (κ3) is 3.40. The zero-order valence-electron chi connectivity index (χ0n) is 12.3. The van der Waals surface area contributed by atoms with E-state index in [9.17, 15) is 16.8 Å². The van der Waals surface area contributed by atoms with Crippen LogP contribution in [0.1, 0.15) is 20.3 Å². The largest absolute Gasteiger partial charge is 0.267 e. The van der Waals surface area contributed by atoms with Gasteiger partial charge >= 0.3 is 0 Å². The summed E-state index contributed by atoms with van der Waals surface area (Å²) in [5.41, 5.74) is 0. The molecule has 0 radical (unpaired) electrons. The minimum atomic E-state index is -3.79. The van der Waals surface area contributed by atoms with Gasteiger partial charge in [0.05, 0.1) is 4.90 Å². The Kier molecular flexibility index (Phi) is 4.74. The van der Waals surface area contributed by atoms with E-state index >= 15 is 0 Å². The molecule has 0 saturated heterocycles. The highest BCUT2D eigenvalue weighted by molar-refractivity contribution is 7.90. The molecule has 1 heterocycles. The van der Waals surface area contributed by atoms with E-state index in [1.54, 1.807) is 25.1 Å². The van der Waals surface area contributed by atoms with Crippen molar-refractivity contribution in [2.75, 3.05) is 0 Å². The lowest BCUT2D eigenvalue weighted by Crippen LogP contribution is -2.31. The van der Waals surface area contributed by atoms with Gasteiger partial charge in [-0.15, -0.1) is 0 Å². The second-order valence-electron chi connectivity index (χ2n) is 4.93. The Morgan fingerprint density at radius 2 is 1.68 bits per heavy atom. The molecule has 120 valence electrons. The van der Waals surface area contributed by atoms with Crippen LogP contribution in [-0.2, 0) is 20.0 Å². The van der Waals surface area contributed by atoms with Gasteiger partial charge in [0, 0.05) is 18.4 Å². The van der Waals surface area contributed by atoms with Crippen molar-refractivity contribution < 1.29 is 16.8 Å². The highest BCUT2D eigenvalue weighted by atomic mass is 32.2. The summed E-state index contributed by atoms with van der Waals surface area (Å²) in [6.07, 6.45) is 2.98. The van der Waals surface area contributed by atoms with E-state index in [1.165, 1.54) is 24.4 Å². The quantitative estimate of drug-likeness (QED) is 0.867. The molecule has 1 N–H and O–H groups in total. The Morgan fingerprint density at radius 3 is 2.27 bits per heavy atom. The second-order valence-corrected chi connectivity index (χ2v) is 8.48. The molecule has 0 unspecified atom stereocenters. The maximum Gasteiger partial charge on any atom is 0.267 e. The summed E-state index contributed by atoms with van der Waals surface area (Å²) >= 11 is 0. The molecule has 2 aromatic rings. The predicted octanol–water partition coefficient (Wildman–Crippen LogP) is 1.80. The summed E-state index contributed by atoms with van der Waals surface area (Å²) in [4.78, 5) is 0.0248. The van der Waals surface area contributed by atoms with Gasteiger partial charge in [-0.3, -0.25) is 0 Å². The number of benzene rings is 1. The molecule has 1 aromatic carbocycles. The van der Waals surface area contributed by atoms with Gasteiger partial charge in [-0.05, 0) is 31.5 Å². The highest BCUT2D eigenvalue weighted by Crippen LogP contribution is 2.17. The summed E-state index contributed by atoms with van der Waals surface area (Å²) in [6.45, 7) is 3.60. The lowest BCUT2D eigenvalue weighted by molar-refractivity contribution is 0.556. The number of nitrogens with one attached hydrogen (secondary N) is 1. The van der Waals surface area contributed by atoms with Crippen molar-refractivity contribution in [3.05, 3.63) is 48.8 Å². The van der Waals surface area contributed by atoms with Crippen LogP contribution in [0.2, 0.25) is 0 Å². The molecule has 0 aliphatic rings. The van der Waals surface area contributed by atoms with E-state index in [4.69, 9.17) is 0 Å². The normalized spacial score (nSPS) is 13.9. The Bertz CT molecular complexity index is 840. The first-order valence-corrected chi connectivity index (χ1v) is 9.70. The van der Waals surface area contributed by atoms with Crippen LogP contribution in [-0.4, -0.2) is 26.8 Å². The summed E-state index contributed by atoms with van der Waals surface area (Å²) in [5.74, 6) is 0. The molecule has 0 saturated carbocycles. The number of rotatable bonds is 6. The Morgan fingerprint density at radius 1 is 1.05 bits per heavy atom. The minimum Gasteiger partial charge on any atom is -0.248 e. The number of aromatic nitrogens is 1. The SMILES string of the molecule is CC[C@@H](C)NS(=O)(=O)c1ccn(S(=O)(=O)c2ccccc2)c1. The molecule has 0 aliphatic carbocycles. The molecular weight excluding hydrogens is 324 g/mol. The molecule has 1 aromatic heterocycles. The molecule has 0 spiro atoms. The molecular formula is C14H18N2O4S2. The van der Waals surface area contributed by atoms with Gasteiger partial charge < -0.3 is 0 Å². The first kappa shape index (κ1) is 16.7. The van der Waals surface area contributed by atoms with Crippen LogP contribution in [0.25, 0.3) is 0 Å². The molecule has 0 aliphatic heterocycles. The zero-order valence-corrected chi connectivity index (χ0v) is 13.9. The lowest BCUT2D eigenvalue weighted by atomic mass is 10.3. The molecule has 1 atom stereocenters. The molecule has 22 heavy (non-hydrogen) atoms. The second kappa shape index (κ2) is 6.23. The molecule has 0 fully saturated rings. The van der Waals surface area contributed by atoms with Gasteiger partial charge in [0.15, 0.2) is 0 Å². The van der Waals surface area contributed by atoms with Gasteiger partial charge in [-0.2, -0.15) is 0 Å². The van der Waals surface area contributed by atoms with E-state index in [1.807, 2.05) is 6.92 Å².